The Bertz CT molecular complexity index is 878. The van der Waals surface area contributed by atoms with E-state index in [0.29, 0.717) is 5.76 Å². The second kappa shape index (κ2) is 8.13. The first kappa shape index (κ1) is 19.6. The molecule has 0 saturated heterocycles. The molecular formula is C17H16N2O8. The summed E-state index contributed by atoms with van der Waals surface area (Å²) in [6.07, 6.45) is 0. The summed E-state index contributed by atoms with van der Waals surface area (Å²) < 4.78 is 19.8. The molecule has 0 radical (unpaired) electrons. The smallest absolute Gasteiger partial charge is 0.308 e. The van der Waals surface area contributed by atoms with Crippen molar-refractivity contribution in [3.63, 3.8) is 0 Å². The molecule has 0 spiro atoms. The third-order valence-electron chi connectivity index (χ3n) is 2.91. The van der Waals surface area contributed by atoms with Crippen molar-refractivity contribution < 1.29 is 37.9 Å². The molecule has 142 valence electrons. The molecule has 10 heteroatoms. The van der Waals surface area contributed by atoms with Crippen molar-refractivity contribution in [2.75, 3.05) is 5.32 Å². The van der Waals surface area contributed by atoms with Crippen LogP contribution in [0, 0.1) is 6.92 Å². The minimum Gasteiger partial charge on any atom is -0.423 e. The number of ether oxygens (including phenoxy) is 3. The zero-order chi connectivity index (χ0) is 20.1. The van der Waals surface area contributed by atoms with Gasteiger partial charge in [-0.3, -0.25) is 19.2 Å². The van der Waals surface area contributed by atoms with Crippen LogP contribution in [0.4, 0.5) is 5.82 Å². The SMILES string of the molecule is CC(=O)Oc1cc(C(=O)Nc2cc(C)on2)cc(OC(C)=O)c1OC(C)=O. The third-order valence-corrected chi connectivity index (χ3v) is 2.91. The van der Waals surface area contributed by atoms with Gasteiger partial charge >= 0.3 is 17.9 Å². The number of benzene rings is 1. The van der Waals surface area contributed by atoms with Crippen molar-refractivity contribution >= 4 is 29.6 Å². The molecule has 0 atom stereocenters. The van der Waals surface area contributed by atoms with Crippen LogP contribution in [0.3, 0.4) is 0 Å². The summed E-state index contributed by atoms with van der Waals surface area (Å²) in [5, 5.41) is 6.10. The molecule has 1 aromatic heterocycles. The number of esters is 3. The highest BCUT2D eigenvalue weighted by atomic mass is 16.6. The molecule has 0 aliphatic rings. The first-order valence-electron chi connectivity index (χ1n) is 7.63. The summed E-state index contributed by atoms with van der Waals surface area (Å²) in [6, 6.07) is 3.81. The highest BCUT2D eigenvalue weighted by molar-refractivity contribution is 6.05. The Hall–Kier alpha value is -3.69. The molecule has 1 amide bonds. The molecule has 10 nitrogen and oxygen atoms in total. The molecule has 0 fully saturated rings. The van der Waals surface area contributed by atoms with Crippen LogP contribution in [0.25, 0.3) is 0 Å². The number of amides is 1. The molecular weight excluding hydrogens is 360 g/mol. The van der Waals surface area contributed by atoms with Gasteiger partial charge in [-0.2, -0.15) is 0 Å². The van der Waals surface area contributed by atoms with Crippen molar-refractivity contribution in [3.05, 3.63) is 29.5 Å². The van der Waals surface area contributed by atoms with E-state index in [9.17, 15) is 19.2 Å². The van der Waals surface area contributed by atoms with Gasteiger partial charge in [0, 0.05) is 32.4 Å². The quantitative estimate of drug-likeness (QED) is 0.614. The Morgan fingerprint density at radius 2 is 1.41 bits per heavy atom. The molecule has 0 aliphatic carbocycles. The average molecular weight is 376 g/mol. The highest BCUT2D eigenvalue weighted by Gasteiger charge is 2.22. The Kier molecular flexibility index (Phi) is 5.91. The second-order valence-corrected chi connectivity index (χ2v) is 5.36. The van der Waals surface area contributed by atoms with E-state index >= 15 is 0 Å². The van der Waals surface area contributed by atoms with Crippen molar-refractivity contribution in [1.82, 2.24) is 5.16 Å². The molecule has 2 aromatic rings. The maximum absolute atomic E-state index is 12.5. The number of nitrogens with zero attached hydrogens (tertiary/aromatic N) is 1. The summed E-state index contributed by atoms with van der Waals surface area (Å²) in [4.78, 5) is 46.5. The van der Waals surface area contributed by atoms with E-state index in [4.69, 9.17) is 18.7 Å². The Morgan fingerprint density at radius 3 is 1.81 bits per heavy atom. The van der Waals surface area contributed by atoms with Crippen LogP contribution in [0.2, 0.25) is 0 Å². The van der Waals surface area contributed by atoms with Gasteiger partial charge in [0.1, 0.15) is 5.76 Å². The van der Waals surface area contributed by atoms with E-state index in [0.717, 1.165) is 32.9 Å². The van der Waals surface area contributed by atoms with Crippen molar-refractivity contribution in [2.24, 2.45) is 0 Å². The molecule has 1 N–H and O–H groups in total. The number of hydrogen-bond donors (Lipinski definition) is 1. The Balaban J connectivity index is 2.49. The topological polar surface area (TPSA) is 134 Å². The highest BCUT2D eigenvalue weighted by Crippen LogP contribution is 2.39. The van der Waals surface area contributed by atoms with Crippen LogP contribution < -0.4 is 19.5 Å². The standard InChI is InChI=1S/C17H16N2O8/c1-8-5-15(19-27-8)18-17(23)12-6-13(24-9(2)20)16(26-11(4)22)14(7-12)25-10(3)21/h5-7H,1-4H3,(H,18,19,23). The van der Waals surface area contributed by atoms with Crippen LogP contribution >= 0.6 is 0 Å². The molecule has 2 rings (SSSR count). The number of aryl methyl sites for hydroxylation is 1. The van der Waals surface area contributed by atoms with Crippen molar-refractivity contribution in [3.8, 4) is 17.2 Å². The van der Waals surface area contributed by atoms with Gasteiger partial charge in [0.2, 0.25) is 5.75 Å². The Morgan fingerprint density at radius 1 is 0.889 bits per heavy atom. The molecule has 27 heavy (non-hydrogen) atoms. The van der Waals surface area contributed by atoms with E-state index in [2.05, 4.69) is 10.5 Å². The van der Waals surface area contributed by atoms with Gasteiger partial charge in [-0.15, -0.1) is 0 Å². The number of carbonyl (C=O) groups is 4. The van der Waals surface area contributed by atoms with Crippen LogP contribution in [0.5, 0.6) is 17.2 Å². The Labute approximate surface area is 153 Å². The van der Waals surface area contributed by atoms with Crippen LogP contribution in [-0.2, 0) is 14.4 Å². The molecule has 0 bridgehead atoms. The first-order chi connectivity index (χ1) is 12.7. The number of carbonyl (C=O) groups excluding carboxylic acids is 4. The fourth-order valence-electron chi connectivity index (χ4n) is 2.03. The molecule has 0 unspecified atom stereocenters. The lowest BCUT2D eigenvalue weighted by molar-refractivity contribution is -0.135. The molecule has 1 aromatic carbocycles. The van der Waals surface area contributed by atoms with Gasteiger partial charge in [0.15, 0.2) is 17.3 Å². The van der Waals surface area contributed by atoms with Crippen molar-refractivity contribution in [1.29, 1.82) is 0 Å². The van der Waals surface area contributed by atoms with Gasteiger partial charge in [-0.1, -0.05) is 5.16 Å². The van der Waals surface area contributed by atoms with E-state index in [1.807, 2.05) is 0 Å². The van der Waals surface area contributed by atoms with E-state index in [1.54, 1.807) is 6.92 Å². The van der Waals surface area contributed by atoms with Gasteiger partial charge in [0.05, 0.1) is 0 Å². The second-order valence-electron chi connectivity index (χ2n) is 5.36. The number of anilines is 1. The van der Waals surface area contributed by atoms with Crippen molar-refractivity contribution in [2.45, 2.75) is 27.7 Å². The number of aromatic nitrogens is 1. The van der Waals surface area contributed by atoms with Crippen LogP contribution in [0.15, 0.2) is 22.7 Å². The van der Waals surface area contributed by atoms with E-state index in [1.165, 1.54) is 6.07 Å². The molecule has 0 saturated carbocycles. The zero-order valence-corrected chi connectivity index (χ0v) is 14.9. The predicted molar refractivity (Wildman–Crippen MR) is 89.6 cm³/mol. The number of hydrogen-bond acceptors (Lipinski definition) is 9. The van der Waals surface area contributed by atoms with E-state index < -0.39 is 23.8 Å². The minimum absolute atomic E-state index is 0.0425. The molecule has 1 heterocycles. The zero-order valence-electron chi connectivity index (χ0n) is 14.9. The monoisotopic (exact) mass is 376 g/mol. The summed E-state index contributed by atoms with van der Waals surface area (Å²) >= 11 is 0. The lowest BCUT2D eigenvalue weighted by Crippen LogP contribution is -2.15. The van der Waals surface area contributed by atoms with Gasteiger partial charge < -0.3 is 24.1 Å². The van der Waals surface area contributed by atoms with Crippen LogP contribution in [-0.4, -0.2) is 29.0 Å². The maximum Gasteiger partial charge on any atom is 0.308 e. The predicted octanol–water partition coefficient (Wildman–Crippen LogP) is 2.01. The minimum atomic E-state index is -0.743. The van der Waals surface area contributed by atoms with Gasteiger partial charge in [-0.05, 0) is 19.1 Å². The average Bonchev–Trinajstić information content (AvgIpc) is 2.93. The normalized spacial score (nSPS) is 10.1. The summed E-state index contributed by atoms with van der Waals surface area (Å²) in [7, 11) is 0. The fraction of sp³-hybridized carbons (Fsp3) is 0.235. The van der Waals surface area contributed by atoms with Gasteiger partial charge in [0.25, 0.3) is 5.91 Å². The van der Waals surface area contributed by atoms with Gasteiger partial charge in [-0.25, -0.2) is 0 Å². The van der Waals surface area contributed by atoms with E-state index in [-0.39, 0.29) is 28.6 Å². The fourth-order valence-corrected chi connectivity index (χ4v) is 2.03. The summed E-state index contributed by atoms with van der Waals surface area (Å²) in [5.41, 5.74) is -0.0425. The number of nitrogens with one attached hydrogen (secondary N) is 1. The number of rotatable bonds is 5. The third kappa shape index (κ3) is 5.39. The lowest BCUT2D eigenvalue weighted by atomic mass is 10.1. The first-order valence-corrected chi connectivity index (χ1v) is 7.63. The lowest BCUT2D eigenvalue weighted by Gasteiger charge is -2.14. The summed E-state index contributed by atoms with van der Waals surface area (Å²) in [6.45, 7) is 5.00. The van der Waals surface area contributed by atoms with Crippen LogP contribution in [0.1, 0.15) is 36.9 Å². The largest absolute Gasteiger partial charge is 0.423 e. The molecule has 0 aliphatic heterocycles. The maximum atomic E-state index is 12.5. The summed E-state index contributed by atoms with van der Waals surface area (Å²) in [5.74, 6) is -3.06.